The fraction of sp³-hybridized carbons (Fsp3) is 0.273. The molecule has 0 heterocycles. The van der Waals surface area contributed by atoms with E-state index in [1.165, 1.54) is 0 Å². The summed E-state index contributed by atoms with van der Waals surface area (Å²) in [5.41, 5.74) is 1.04. The Morgan fingerprint density at radius 1 is 1.43 bits per heavy atom. The first-order chi connectivity index (χ1) is 6.83. The maximum Gasteiger partial charge on any atom is 0.319 e. The van der Waals surface area contributed by atoms with Crippen LogP contribution in [0.5, 0.6) is 0 Å². The molecule has 1 radical (unpaired) electrons. The summed E-state index contributed by atoms with van der Waals surface area (Å²) in [6.45, 7) is 4.21. The van der Waals surface area contributed by atoms with E-state index >= 15 is 0 Å². The Kier molecular flexibility index (Phi) is 4.72. The van der Waals surface area contributed by atoms with Gasteiger partial charge in [0.15, 0.2) is 0 Å². The lowest BCUT2D eigenvalue weighted by molar-refractivity contribution is -0.141. The Hall–Kier alpha value is -1.35. The molecular weight excluding hydrogens is 178 g/mol. The molecule has 3 heteroatoms. The maximum absolute atomic E-state index is 10.9. The van der Waals surface area contributed by atoms with Crippen molar-refractivity contribution in [3.8, 4) is 0 Å². The van der Waals surface area contributed by atoms with Crippen LogP contribution in [0.2, 0.25) is 0 Å². The molecular formula is C11H14NO2. The Balaban J connectivity index is 2.19. The summed E-state index contributed by atoms with van der Waals surface area (Å²) in [5.74, 6) is -0.236. The molecule has 0 saturated carbocycles. The van der Waals surface area contributed by atoms with Gasteiger partial charge in [-0.05, 0) is 12.5 Å². The fourth-order valence-corrected chi connectivity index (χ4v) is 1.01. The van der Waals surface area contributed by atoms with Gasteiger partial charge in [0.25, 0.3) is 0 Å². The highest BCUT2D eigenvalue weighted by molar-refractivity contribution is 5.71. The molecule has 0 aliphatic rings. The largest absolute Gasteiger partial charge is 0.465 e. The quantitative estimate of drug-likeness (QED) is 0.716. The van der Waals surface area contributed by atoms with Crippen molar-refractivity contribution < 1.29 is 9.53 Å². The van der Waals surface area contributed by atoms with E-state index in [2.05, 4.69) is 5.32 Å². The lowest BCUT2D eigenvalue weighted by Crippen LogP contribution is -2.22. The maximum atomic E-state index is 10.9. The molecule has 0 atom stereocenters. The van der Waals surface area contributed by atoms with Gasteiger partial charge in [0, 0.05) is 0 Å². The summed E-state index contributed by atoms with van der Waals surface area (Å²) in [4.78, 5) is 10.9. The van der Waals surface area contributed by atoms with Crippen molar-refractivity contribution >= 4 is 5.97 Å². The van der Waals surface area contributed by atoms with Crippen molar-refractivity contribution in [1.82, 2.24) is 5.32 Å². The van der Waals surface area contributed by atoms with Crippen LogP contribution in [0.15, 0.2) is 30.3 Å². The average molecular weight is 192 g/mol. The number of benzene rings is 1. The molecule has 1 aromatic rings. The molecule has 0 unspecified atom stereocenters. The van der Waals surface area contributed by atoms with Gasteiger partial charge in [-0.1, -0.05) is 30.3 Å². The number of nitrogens with one attached hydrogen (secondary N) is 1. The monoisotopic (exact) mass is 192 g/mol. The molecule has 0 aliphatic heterocycles. The first-order valence-corrected chi connectivity index (χ1v) is 4.60. The van der Waals surface area contributed by atoms with E-state index in [4.69, 9.17) is 4.74 Å². The second-order valence-corrected chi connectivity index (χ2v) is 2.74. The van der Waals surface area contributed by atoms with Crippen LogP contribution in [-0.2, 0) is 9.53 Å². The highest BCUT2D eigenvalue weighted by Gasteiger charge is 1.99. The first kappa shape index (κ1) is 10.7. The average Bonchev–Trinajstić information content (AvgIpc) is 2.20. The van der Waals surface area contributed by atoms with Crippen LogP contribution < -0.4 is 5.32 Å². The second-order valence-electron chi connectivity index (χ2n) is 2.74. The Morgan fingerprint density at radius 3 is 2.79 bits per heavy atom. The normalized spacial score (nSPS) is 9.79. The summed E-state index contributed by atoms with van der Waals surface area (Å²) in [6.07, 6.45) is 0. The number of ether oxygens (including phenoxy) is 1. The third kappa shape index (κ3) is 4.05. The lowest BCUT2D eigenvalue weighted by atomic mass is 10.2. The molecule has 0 fully saturated rings. The topological polar surface area (TPSA) is 38.3 Å². The van der Waals surface area contributed by atoms with Crippen molar-refractivity contribution in [3.63, 3.8) is 0 Å². The SMILES string of the molecule is CCOC(=O)CN[CH]c1ccccc1. The van der Waals surface area contributed by atoms with Crippen LogP contribution in [0.25, 0.3) is 0 Å². The molecule has 0 spiro atoms. The predicted molar refractivity (Wildman–Crippen MR) is 54.5 cm³/mol. The number of esters is 1. The summed E-state index contributed by atoms with van der Waals surface area (Å²) in [5, 5.41) is 2.89. The van der Waals surface area contributed by atoms with E-state index in [1.54, 1.807) is 13.5 Å². The van der Waals surface area contributed by atoms with Gasteiger partial charge in [0.1, 0.15) is 0 Å². The van der Waals surface area contributed by atoms with Gasteiger partial charge in [0.05, 0.1) is 19.7 Å². The zero-order valence-corrected chi connectivity index (χ0v) is 8.19. The summed E-state index contributed by atoms with van der Waals surface area (Å²) in [6, 6.07) is 9.74. The molecule has 1 N–H and O–H groups in total. The minimum Gasteiger partial charge on any atom is -0.465 e. The van der Waals surface area contributed by atoms with Crippen molar-refractivity contribution in [3.05, 3.63) is 42.4 Å². The predicted octanol–water partition coefficient (Wildman–Crippen LogP) is 1.35. The third-order valence-electron chi connectivity index (χ3n) is 1.62. The smallest absolute Gasteiger partial charge is 0.319 e. The highest BCUT2D eigenvalue weighted by atomic mass is 16.5. The van der Waals surface area contributed by atoms with Gasteiger partial charge >= 0.3 is 5.97 Å². The van der Waals surface area contributed by atoms with E-state index in [0.717, 1.165) is 5.56 Å². The molecule has 0 aliphatic carbocycles. The minimum absolute atomic E-state index is 0.211. The summed E-state index contributed by atoms with van der Waals surface area (Å²) < 4.78 is 4.76. The zero-order chi connectivity index (χ0) is 10.2. The van der Waals surface area contributed by atoms with E-state index in [-0.39, 0.29) is 12.5 Å². The number of carbonyl (C=O) groups excluding carboxylic acids is 1. The molecule has 14 heavy (non-hydrogen) atoms. The summed E-state index contributed by atoms with van der Waals surface area (Å²) in [7, 11) is 0. The Morgan fingerprint density at radius 2 is 2.14 bits per heavy atom. The number of hydrogen-bond acceptors (Lipinski definition) is 3. The molecule has 1 rings (SSSR count). The van der Waals surface area contributed by atoms with Gasteiger partial charge in [0.2, 0.25) is 0 Å². The van der Waals surface area contributed by atoms with E-state index in [0.29, 0.717) is 6.61 Å². The second kappa shape index (κ2) is 6.16. The third-order valence-corrected chi connectivity index (χ3v) is 1.62. The highest BCUT2D eigenvalue weighted by Crippen LogP contribution is 1.98. The van der Waals surface area contributed by atoms with Gasteiger partial charge < -0.3 is 4.74 Å². The molecule has 0 bridgehead atoms. The minimum atomic E-state index is -0.236. The van der Waals surface area contributed by atoms with Crippen LogP contribution >= 0.6 is 0 Å². The number of hydrogen-bond donors (Lipinski definition) is 1. The molecule has 1 aromatic carbocycles. The molecule has 0 amide bonds. The molecule has 3 nitrogen and oxygen atoms in total. The lowest BCUT2D eigenvalue weighted by Gasteiger charge is -2.03. The molecule has 75 valence electrons. The first-order valence-electron chi connectivity index (χ1n) is 4.60. The summed E-state index contributed by atoms with van der Waals surface area (Å²) >= 11 is 0. The van der Waals surface area contributed by atoms with Gasteiger partial charge in [-0.25, -0.2) is 0 Å². The van der Waals surface area contributed by atoms with Crippen molar-refractivity contribution in [2.24, 2.45) is 0 Å². The van der Waals surface area contributed by atoms with Gasteiger partial charge in [-0.3, -0.25) is 10.1 Å². The standard InChI is InChI=1S/C11H14NO2/c1-2-14-11(13)9-12-8-10-6-4-3-5-7-10/h3-8,12H,2,9H2,1H3. The van der Waals surface area contributed by atoms with Gasteiger partial charge in [-0.15, -0.1) is 0 Å². The van der Waals surface area contributed by atoms with Crippen molar-refractivity contribution in [2.45, 2.75) is 6.92 Å². The fourth-order valence-electron chi connectivity index (χ4n) is 1.01. The molecule has 0 saturated heterocycles. The van der Waals surface area contributed by atoms with Crippen LogP contribution in [0.4, 0.5) is 0 Å². The van der Waals surface area contributed by atoms with Crippen LogP contribution in [0.1, 0.15) is 12.5 Å². The molecule has 0 aromatic heterocycles. The number of rotatable bonds is 5. The number of carbonyl (C=O) groups is 1. The van der Waals surface area contributed by atoms with E-state index in [1.807, 2.05) is 30.3 Å². The zero-order valence-electron chi connectivity index (χ0n) is 8.19. The van der Waals surface area contributed by atoms with Crippen molar-refractivity contribution in [1.29, 1.82) is 0 Å². The van der Waals surface area contributed by atoms with E-state index in [9.17, 15) is 4.79 Å². The van der Waals surface area contributed by atoms with Crippen LogP contribution in [0, 0.1) is 6.54 Å². The van der Waals surface area contributed by atoms with Gasteiger partial charge in [-0.2, -0.15) is 0 Å². The van der Waals surface area contributed by atoms with Crippen LogP contribution in [-0.4, -0.2) is 19.1 Å². The van der Waals surface area contributed by atoms with Crippen molar-refractivity contribution in [2.75, 3.05) is 13.2 Å². The van der Waals surface area contributed by atoms with Crippen LogP contribution in [0.3, 0.4) is 0 Å². The Bertz CT molecular complexity index is 272. The van der Waals surface area contributed by atoms with E-state index < -0.39 is 0 Å². The Labute approximate surface area is 84.1 Å².